The van der Waals surface area contributed by atoms with Crippen LogP contribution in [0.5, 0.6) is 0 Å². The van der Waals surface area contributed by atoms with E-state index in [0.717, 1.165) is 18.1 Å². The molecule has 1 fully saturated rings. The quantitative estimate of drug-likeness (QED) is 0.820. The number of hydrogen-bond donors (Lipinski definition) is 1. The number of rotatable bonds is 1. The Morgan fingerprint density at radius 3 is 2.82 bits per heavy atom. The van der Waals surface area contributed by atoms with E-state index in [2.05, 4.69) is 35.1 Å². The Kier molecular flexibility index (Phi) is 2.85. The molecular formula is C14H17ClN2. The Morgan fingerprint density at radius 2 is 2.06 bits per heavy atom. The maximum atomic E-state index is 6.37. The van der Waals surface area contributed by atoms with Crippen LogP contribution in [0.3, 0.4) is 0 Å². The largest absolute Gasteiger partial charge is 0.349 e. The van der Waals surface area contributed by atoms with Crippen LogP contribution < -0.4 is 5.32 Å². The van der Waals surface area contributed by atoms with Crippen molar-refractivity contribution in [1.29, 1.82) is 0 Å². The van der Waals surface area contributed by atoms with Gasteiger partial charge in [-0.05, 0) is 43.5 Å². The van der Waals surface area contributed by atoms with Gasteiger partial charge in [0.1, 0.15) is 0 Å². The van der Waals surface area contributed by atoms with Gasteiger partial charge in [-0.15, -0.1) is 0 Å². The minimum absolute atomic E-state index is 0.653. The summed E-state index contributed by atoms with van der Waals surface area (Å²) in [6.45, 7) is 2.23. The number of halogens is 1. The normalized spacial score (nSPS) is 17.8. The zero-order valence-electron chi connectivity index (χ0n) is 10.0. The van der Waals surface area contributed by atoms with Crippen molar-refractivity contribution in [3.63, 3.8) is 0 Å². The van der Waals surface area contributed by atoms with Gasteiger partial charge in [-0.25, -0.2) is 0 Å². The van der Waals surface area contributed by atoms with E-state index in [-0.39, 0.29) is 0 Å². The van der Waals surface area contributed by atoms with E-state index in [4.69, 9.17) is 11.6 Å². The Balaban J connectivity index is 2.15. The lowest BCUT2D eigenvalue weighted by molar-refractivity contribution is 0.462. The fourth-order valence-electron chi connectivity index (χ4n) is 2.89. The maximum absolute atomic E-state index is 6.37. The first kappa shape index (κ1) is 11.1. The first-order valence-electron chi connectivity index (χ1n) is 6.21. The highest BCUT2D eigenvalue weighted by Gasteiger charge is 2.19. The Bertz CT molecular complexity index is 538. The molecule has 2 aromatic rings. The zero-order valence-corrected chi connectivity index (χ0v) is 10.8. The molecule has 0 saturated carbocycles. The third-order valence-corrected chi connectivity index (χ3v) is 4.07. The van der Waals surface area contributed by atoms with Gasteiger partial charge in [-0.1, -0.05) is 23.7 Å². The van der Waals surface area contributed by atoms with E-state index in [1.54, 1.807) is 0 Å². The predicted molar refractivity (Wildman–Crippen MR) is 72.8 cm³/mol. The second-order valence-electron chi connectivity index (χ2n) is 4.85. The van der Waals surface area contributed by atoms with Gasteiger partial charge < -0.3 is 9.88 Å². The first-order chi connectivity index (χ1) is 8.27. The minimum atomic E-state index is 0.653. The van der Waals surface area contributed by atoms with E-state index >= 15 is 0 Å². The number of piperidine rings is 1. The van der Waals surface area contributed by atoms with E-state index in [0.29, 0.717) is 5.92 Å². The van der Waals surface area contributed by atoms with Crippen LogP contribution in [0.15, 0.2) is 24.4 Å². The average molecular weight is 249 g/mol. The smallest absolute Gasteiger partial charge is 0.0664 e. The molecule has 1 aliphatic heterocycles. The number of hydrogen-bond acceptors (Lipinski definition) is 1. The summed E-state index contributed by atoms with van der Waals surface area (Å²) in [7, 11) is 2.06. The topological polar surface area (TPSA) is 17.0 Å². The minimum Gasteiger partial charge on any atom is -0.349 e. The fraction of sp³-hybridized carbons (Fsp3) is 0.429. The summed E-state index contributed by atoms with van der Waals surface area (Å²) in [5.41, 5.74) is 2.67. The van der Waals surface area contributed by atoms with Crippen molar-refractivity contribution >= 4 is 22.5 Å². The number of benzene rings is 1. The molecule has 0 atom stereocenters. The lowest BCUT2D eigenvalue weighted by Gasteiger charge is -2.23. The van der Waals surface area contributed by atoms with Crippen LogP contribution in [0.25, 0.3) is 10.9 Å². The van der Waals surface area contributed by atoms with Crippen LogP contribution in [0.1, 0.15) is 24.3 Å². The molecule has 1 saturated heterocycles. The molecule has 0 unspecified atom stereocenters. The van der Waals surface area contributed by atoms with Crippen molar-refractivity contribution in [2.24, 2.45) is 7.05 Å². The maximum Gasteiger partial charge on any atom is 0.0664 e. The summed E-state index contributed by atoms with van der Waals surface area (Å²) in [4.78, 5) is 0. The van der Waals surface area contributed by atoms with Gasteiger partial charge >= 0.3 is 0 Å². The van der Waals surface area contributed by atoms with Crippen molar-refractivity contribution in [3.8, 4) is 0 Å². The molecule has 1 aromatic heterocycles. The fourth-order valence-corrected chi connectivity index (χ4v) is 3.24. The second kappa shape index (κ2) is 4.35. The standard InChI is InChI=1S/C14H17ClN2/c1-17-9-12(15)14-11(3-2-4-13(14)17)10-5-7-16-8-6-10/h2-4,9-10,16H,5-8H2,1H3. The highest BCUT2D eigenvalue weighted by molar-refractivity contribution is 6.36. The lowest BCUT2D eigenvalue weighted by Crippen LogP contribution is -2.26. The van der Waals surface area contributed by atoms with Gasteiger partial charge in [0, 0.05) is 24.1 Å². The third kappa shape index (κ3) is 1.85. The number of nitrogens with one attached hydrogen (secondary N) is 1. The van der Waals surface area contributed by atoms with Crippen LogP contribution >= 0.6 is 11.6 Å². The molecule has 2 nitrogen and oxygen atoms in total. The van der Waals surface area contributed by atoms with Crippen molar-refractivity contribution in [3.05, 3.63) is 35.0 Å². The van der Waals surface area contributed by atoms with E-state index in [1.807, 2.05) is 6.20 Å². The molecule has 1 N–H and O–H groups in total. The summed E-state index contributed by atoms with van der Waals surface area (Å²) >= 11 is 6.37. The van der Waals surface area contributed by atoms with E-state index in [1.165, 1.54) is 29.3 Å². The average Bonchev–Trinajstić information content (AvgIpc) is 2.66. The summed E-state index contributed by atoms with van der Waals surface area (Å²) in [6.07, 6.45) is 4.44. The summed E-state index contributed by atoms with van der Waals surface area (Å²) in [5, 5.41) is 5.55. The molecular weight excluding hydrogens is 232 g/mol. The van der Waals surface area contributed by atoms with Crippen LogP contribution in [-0.2, 0) is 7.05 Å². The van der Waals surface area contributed by atoms with Crippen molar-refractivity contribution in [1.82, 2.24) is 9.88 Å². The van der Waals surface area contributed by atoms with Gasteiger partial charge in [0.05, 0.1) is 5.02 Å². The second-order valence-corrected chi connectivity index (χ2v) is 5.26. The molecule has 3 rings (SSSR count). The highest BCUT2D eigenvalue weighted by atomic mass is 35.5. The van der Waals surface area contributed by atoms with Gasteiger partial charge in [0.15, 0.2) is 0 Å². The predicted octanol–water partition coefficient (Wildman–Crippen LogP) is 3.30. The summed E-state index contributed by atoms with van der Waals surface area (Å²) in [6, 6.07) is 6.53. The van der Waals surface area contributed by atoms with Gasteiger partial charge in [0.25, 0.3) is 0 Å². The third-order valence-electron chi connectivity index (χ3n) is 3.78. The molecule has 17 heavy (non-hydrogen) atoms. The summed E-state index contributed by atoms with van der Waals surface area (Å²) in [5.74, 6) is 0.653. The van der Waals surface area contributed by atoms with Crippen LogP contribution in [0, 0.1) is 0 Å². The molecule has 0 bridgehead atoms. The monoisotopic (exact) mass is 248 g/mol. The van der Waals surface area contributed by atoms with Crippen LogP contribution in [0.2, 0.25) is 5.02 Å². The Morgan fingerprint density at radius 1 is 1.29 bits per heavy atom. The molecule has 0 spiro atoms. The van der Waals surface area contributed by atoms with Crippen molar-refractivity contribution in [2.45, 2.75) is 18.8 Å². The van der Waals surface area contributed by atoms with Crippen molar-refractivity contribution < 1.29 is 0 Å². The van der Waals surface area contributed by atoms with Crippen LogP contribution in [0.4, 0.5) is 0 Å². The first-order valence-corrected chi connectivity index (χ1v) is 6.59. The molecule has 1 aliphatic rings. The van der Waals surface area contributed by atoms with Crippen LogP contribution in [-0.4, -0.2) is 17.7 Å². The number of aromatic nitrogens is 1. The Labute approximate surface area is 107 Å². The number of nitrogens with zero attached hydrogens (tertiary/aromatic N) is 1. The number of fused-ring (bicyclic) bond motifs is 1. The summed E-state index contributed by atoms with van der Waals surface area (Å²) < 4.78 is 2.11. The highest BCUT2D eigenvalue weighted by Crippen LogP contribution is 2.35. The molecule has 0 amide bonds. The molecule has 90 valence electrons. The van der Waals surface area contributed by atoms with Gasteiger partial charge in [-0.3, -0.25) is 0 Å². The van der Waals surface area contributed by atoms with Crippen molar-refractivity contribution in [2.75, 3.05) is 13.1 Å². The Hall–Kier alpha value is -0.990. The molecule has 3 heteroatoms. The lowest BCUT2D eigenvalue weighted by atomic mass is 9.88. The zero-order chi connectivity index (χ0) is 11.8. The van der Waals surface area contributed by atoms with Gasteiger partial charge in [-0.2, -0.15) is 0 Å². The molecule has 1 aromatic carbocycles. The molecule has 0 aliphatic carbocycles. The molecule has 2 heterocycles. The van der Waals surface area contributed by atoms with E-state index in [9.17, 15) is 0 Å². The van der Waals surface area contributed by atoms with E-state index < -0.39 is 0 Å². The molecule has 0 radical (unpaired) electrons. The number of aryl methyl sites for hydroxylation is 1. The van der Waals surface area contributed by atoms with Gasteiger partial charge in [0.2, 0.25) is 0 Å². The SMILES string of the molecule is Cn1cc(Cl)c2c(C3CCNCC3)cccc21.